The summed E-state index contributed by atoms with van der Waals surface area (Å²) in [6.07, 6.45) is 0. The van der Waals surface area contributed by atoms with Crippen LogP contribution >= 0.6 is 0 Å². The third-order valence-electron chi connectivity index (χ3n) is 5.20. The molecule has 3 heteroatoms. The van der Waals surface area contributed by atoms with Crippen LogP contribution in [-0.4, -0.2) is 23.9 Å². The predicted molar refractivity (Wildman–Crippen MR) is 99.4 cm³/mol. The van der Waals surface area contributed by atoms with Gasteiger partial charge in [-0.05, 0) is 57.0 Å². The van der Waals surface area contributed by atoms with E-state index in [0.29, 0.717) is 0 Å². The van der Waals surface area contributed by atoms with Crippen LogP contribution in [0.1, 0.15) is 40.7 Å². The van der Waals surface area contributed by atoms with E-state index in [0.717, 1.165) is 28.9 Å². The first-order chi connectivity index (χ1) is 11.4. The number of aryl methyl sites for hydroxylation is 3. The fourth-order valence-electron chi connectivity index (χ4n) is 3.85. The van der Waals surface area contributed by atoms with Crippen LogP contribution in [0.25, 0.3) is 0 Å². The van der Waals surface area contributed by atoms with Crippen LogP contribution in [0.15, 0.2) is 36.4 Å². The summed E-state index contributed by atoms with van der Waals surface area (Å²) < 4.78 is 0. The van der Waals surface area contributed by atoms with Crippen molar-refractivity contribution in [2.24, 2.45) is 0 Å². The lowest BCUT2D eigenvalue weighted by Gasteiger charge is -2.37. The Morgan fingerprint density at radius 2 is 1.75 bits per heavy atom. The van der Waals surface area contributed by atoms with Crippen LogP contribution in [0.2, 0.25) is 0 Å². The van der Waals surface area contributed by atoms with E-state index in [4.69, 9.17) is 0 Å². The summed E-state index contributed by atoms with van der Waals surface area (Å²) in [5, 5.41) is 3.20. The summed E-state index contributed by atoms with van der Waals surface area (Å²) in [6.45, 7) is 9.22. The lowest BCUT2D eigenvalue weighted by molar-refractivity contribution is -0.119. The lowest BCUT2D eigenvalue weighted by Crippen LogP contribution is -2.43. The predicted octanol–water partition coefficient (Wildman–Crippen LogP) is 4.17. The molecule has 0 bridgehead atoms. The van der Waals surface area contributed by atoms with Crippen molar-refractivity contribution in [3.05, 3.63) is 64.2 Å². The molecular formula is C21H26N2O. The Kier molecular flexibility index (Phi) is 4.46. The highest BCUT2D eigenvalue weighted by Crippen LogP contribution is 2.34. The number of carbonyl (C=O) groups is 1. The molecule has 1 amide bonds. The summed E-state index contributed by atoms with van der Waals surface area (Å²) >= 11 is 0. The van der Waals surface area contributed by atoms with Crippen molar-refractivity contribution < 1.29 is 4.79 Å². The van der Waals surface area contributed by atoms with E-state index in [1.807, 2.05) is 12.1 Å². The monoisotopic (exact) mass is 322 g/mol. The van der Waals surface area contributed by atoms with E-state index < -0.39 is 0 Å². The van der Waals surface area contributed by atoms with Crippen LogP contribution in [0, 0.1) is 20.8 Å². The Morgan fingerprint density at radius 3 is 2.42 bits per heavy atom. The number of nitrogens with one attached hydrogen (secondary N) is 1. The van der Waals surface area contributed by atoms with Crippen molar-refractivity contribution in [1.82, 2.24) is 4.90 Å². The zero-order chi connectivity index (χ0) is 17.4. The fourth-order valence-corrected chi connectivity index (χ4v) is 3.85. The molecule has 2 aromatic carbocycles. The number of fused-ring (bicyclic) bond motifs is 1. The molecule has 0 aromatic heterocycles. The topological polar surface area (TPSA) is 32.3 Å². The summed E-state index contributed by atoms with van der Waals surface area (Å²) in [7, 11) is 2.09. The van der Waals surface area contributed by atoms with Crippen LogP contribution in [-0.2, 0) is 11.3 Å². The van der Waals surface area contributed by atoms with Gasteiger partial charge >= 0.3 is 0 Å². The maximum absolute atomic E-state index is 13.1. The van der Waals surface area contributed by atoms with Gasteiger partial charge in [-0.15, -0.1) is 0 Å². The minimum absolute atomic E-state index is 0.0801. The van der Waals surface area contributed by atoms with Crippen molar-refractivity contribution in [2.75, 3.05) is 12.4 Å². The summed E-state index contributed by atoms with van der Waals surface area (Å²) in [6, 6.07) is 12.7. The van der Waals surface area contributed by atoms with Crippen LogP contribution in [0.3, 0.4) is 0 Å². The van der Waals surface area contributed by atoms with Gasteiger partial charge < -0.3 is 5.32 Å². The van der Waals surface area contributed by atoms with Crippen LogP contribution in [0.4, 0.5) is 5.69 Å². The molecule has 0 radical (unpaired) electrons. The molecule has 24 heavy (non-hydrogen) atoms. The number of hydrogen-bond donors (Lipinski definition) is 1. The summed E-state index contributed by atoms with van der Waals surface area (Å²) in [4.78, 5) is 15.4. The molecule has 0 aliphatic carbocycles. The summed E-state index contributed by atoms with van der Waals surface area (Å²) in [5.41, 5.74) is 6.80. The molecule has 2 atom stereocenters. The number of benzene rings is 2. The molecular weight excluding hydrogens is 296 g/mol. The number of rotatable bonds is 2. The lowest BCUT2D eigenvalue weighted by atomic mass is 9.83. The molecule has 2 aromatic rings. The normalized spacial score (nSPS) is 20.5. The quantitative estimate of drug-likeness (QED) is 0.900. The second-order valence-electron chi connectivity index (χ2n) is 7.10. The highest BCUT2D eigenvalue weighted by atomic mass is 16.2. The fraction of sp³-hybridized carbons (Fsp3) is 0.381. The van der Waals surface area contributed by atoms with Gasteiger partial charge in [0.2, 0.25) is 5.91 Å². The Hall–Kier alpha value is -2.13. The molecule has 2 unspecified atom stereocenters. The zero-order valence-electron chi connectivity index (χ0n) is 15.2. The third kappa shape index (κ3) is 2.96. The SMILES string of the molecule is Cc1cc(C)c(NC(=O)C2c3ccccc3CN(C)C2C)c(C)c1. The molecule has 126 valence electrons. The average Bonchev–Trinajstić information content (AvgIpc) is 2.52. The van der Waals surface area contributed by atoms with Crippen molar-refractivity contribution >= 4 is 11.6 Å². The van der Waals surface area contributed by atoms with Gasteiger partial charge in [0.15, 0.2) is 0 Å². The standard InChI is InChI=1S/C21H26N2O/c1-13-10-14(2)20(15(3)11-13)22-21(24)19-16(4)23(5)12-17-8-6-7-9-18(17)19/h6-11,16,19H,12H2,1-5H3,(H,22,24). The maximum atomic E-state index is 13.1. The maximum Gasteiger partial charge on any atom is 0.233 e. The molecule has 1 aliphatic rings. The molecule has 1 heterocycles. The number of nitrogens with zero attached hydrogens (tertiary/aromatic N) is 1. The minimum atomic E-state index is -0.153. The highest BCUT2D eigenvalue weighted by molar-refractivity contribution is 5.98. The Balaban J connectivity index is 1.95. The average molecular weight is 322 g/mol. The Morgan fingerprint density at radius 1 is 1.12 bits per heavy atom. The number of amides is 1. The van der Waals surface area contributed by atoms with Gasteiger partial charge in [-0.1, -0.05) is 42.0 Å². The number of carbonyl (C=O) groups excluding carboxylic acids is 1. The third-order valence-corrected chi connectivity index (χ3v) is 5.20. The van der Waals surface area contributed by atoms with Gasteiger partial charge in [-0.25, -0.2) is 0 Å². The molecule has 1 aliphatic heterocycles. The van der Waals surface area contributed by atoms with Gasteiger partial charge in [-0.2, -0.15) is 0 Å². The van der Waals surface area contributed by atoms with Gasteiger partial charge in [0.05, 0.1) is 5.92 Å². The largest absolute Gasteiger partial charge is 0.325 e. The summed E-state index contributed by atoms with van der Waals surface area (Å²) in [5.74, 6) is -0.0726. The molecule has 0 fully saturated rings. The van der Waals surface area contributed by atoms with Gasteiger partial charge in [0.25, 0.3) is 0 Å². The number of anilines is 1. The smallest absolute Gasteiger partial charge is 0.233 e. The molecule has 3 rings (SSSR count). The van der Waals surface area contributed by atoms with Gasteiger partial charge in [0.1, 0.15) is 0 Å². The van der Waals surface area contributed by atoms with Crippen LogP contribution in [0.5, 0.6) is 0 Å². The van der Waals surface area contributed by atoms with Crippen LogP contribution < -0.4 is 5.32 Å². The van der Waals surface area contributed by atoms with Crippen molar-refractivity contribution in [3.8, 4) is 0 Å². The first-order valence-corrected chi connectivity index (χ1v) is 8.55. The highest BCUT2D eigenvalue weighted by Gasteiger charge is 2.35. The van der Waals surface area contributed by atoms with E-state index in [1.165, 1.54) is 11.1 Å². The zero-order valence-corrected chi connectivity index (χ0v) is 15.2. The number of likely N-dealkylation sites (N-methyl/N-ethyl adjacent to an activating group) is 1. The van der Waals surface area contributed by atoms with Gasteiger partial charge in [-0.3, -0.25) is 9.69 Å². The molecule has 0 saturated heterocycles. The van der Waals surface area contributed by atoms with E-state index in [-0.39, 0.29) is 17.9 Å². The first-order valence-electron chi connectivity index (χ1n) is 8.55. The van der Waals surface area contributed by atoms with Gasteiger partial charge in [0, 0.05) is 18.3 Å². The van der Waals surface area contributed by atoms with E-state index in [9.17, 15) is 4.79 Å². The second-order valence-corrected chi connectivity index (χ2v) is 7.10. The van der Waals surface area contributed by atoms with E-state index >= 15 is 0 Å². The molecule has 0 saturated carbocycles. The number of hydrogen-bond acceptors (Lipinski definition) is 2. The van der Waals surface area contributed by atoms with E-state index in [2.05, 4.69) is 69.2 Å². The second kappa shape index (κ2) is 6.40. The molecule has 1 N–H and O–H groups in total. The Bertz CT molecular complexity index is 758. The molecule has 3 nitrogen and oxygen atoms in total. The first kappa shape index (κ1) is 16.7. The van der Waals surface area contributed by atoms with Crippen molar-refractivity contribution in [3.63, 3.8) is 0 Å². The molecule has 0 spiro atoms. The minimum Gasteiger partial charge on any atom is -0.325 e. The van der Waals surface area contributed by atoms with Crippen molar-refractivity contribution in [1.29, 1.82) is 0 Å². The van der Waals surface area contributed by atoms with Crippen molar-refractivity contribution in [2.45, 2.75) is 46.2 Å². The van der Waals surface area contributed by atoms with E-state index in [1.54, 1.807) is 0 Å². The Labute approximate surface area is 144 Å².